The van der Waals surface area contributed by atoms with Crippen molar-refractivity contribution in [3.05, 3.63) is 58.1 Å². The Kier molecular flexibility index (Phi) is 7.84. The number of hydrogen-bond donors (Lipinski definition) is 1. The average molecular weight is 510 g/mol. The third-order valence-corrected chi connectivity index (χ3v) is 8.74. The highest BCUT2D eigenvalue weighted by molar-refractivity contribution is 7.88. The van der Waals surface area contributed by atoms with Crippen molar-refractivity contribution in [1.29, 1.82) is 0 Å². The topological polar surface area (TPSA) is 69.7 Å². The van der Waals surface area contributed by atoms with Crippen molar-refractivity contribution in [2.75, 3.05) is 36.4 Å². The molecule has 2 aliphatic heterocycles. The van der Waals surface area contributed by atoms with Crippen molar-refractivity contribution >= 4 is 50.5 Å². The van der Waals surface area contributed by atoms with Gasteiger partial charge in [-0.3, -0.25) is 4.79 Å². The zero-order valence-electron chi connectivity index (χ0n) is 18.5. The van der Waals surface area contributed by atoms with Gasteiger partial charge in [0, 0.05) is 47.6 Å². The van der Waals surface area contributed by atoms with E-state index >= 15 is 0 Å². The number of nitrogens with one attached hydrogen (secondary N) is 1. The number of carbonyl (C=O) groups excluding carboxylic acids is 1. The molecule has 1 atom stereocenters. The van der Waals surface area contributed by atoms with Crippen LogP contribution in [0.2, 0.25) is 10.0 Å². The monoisotopic (exact) mass is 509 g/mol. The van der Waals surface area contributed by atoms with Crippen LogP contribution in [0.5, 0.6) is 0 Å². The predicted octanol–water partition coefficient (Wildman–Crippen LogP) is 5.16. The number of halogens is 2. The van der Waals surface area contributed by atoms with Crippen LogP contribution in [0.4, 0.5) is 11.4 Å². The molecule has 0 spiro atoms. The number of nitrogens with zero attached hydrogens (tertiary/aromatic N) is 2. The maximum atomic E-state index is 13.0. The fourth-order valence-electron chi connectivity index (χ4n) is 4.49. The molecule has 0 bridgehead atoms. The second-order valence-electron chi connectivity index (χ2n) is 8.77. The number of amides is 1. The molecule has 1 N–H and O–H groups in total. The van der Waals surface area contributed by atoms with Gasteiger partial charge in [0.1, 0.15) is 0 Å². The van der Waals surface area contributed by atoms with Gasteiger partial charge < -0.3 is 10.2 Å². The van der Waals surface area contributed by atoms with Gasteiger partial charge in [-0.2, -0.15) is 0 Å². The fraction of sp³-hybridized carbons (Fsp3) is 0.458. The lowest BCUT2D eigenvalue weighted by atomic mass is 9.98. The molecule has 9 heteroatoms. The van der Waals surface area contributed by atoms with Crippen LogP contribution in [-0.2, 0) is 20.6 Å². The molecule has 6 nitrogen and oxygen atoms in total. The zero-order chi connectivity index (χ0) is 23.4. The van der Waals surface area contributed by atoms with Crippen molar-refractivity contribution in [3.63, 3.8) is 0 Å². The lowest BCUT2D eigenvalue weighted by Gasteiger charge is -2.31. The molecule has 33 heavy (non-hydrogen) atoms. The van der Waals surface area contributed by atoms with Crippen molar-refractivity contribution in [1.82, 2.24) is 4.31 Å². The van der Waals surface area contributed by atoms with Crippen molar-refractivity contribution < 1.29 is 13.2 Å². The molecule has 2 heterocycles. The second kappa shape index (κ2) is 10.6. The number of benzene rings is 2. The Labute approximate surface area is 205 Å². The summed E-state index contributed by atoms with van der Waals surface area (Å²) in [4.78, 5) is 15.3. The summed E-state index contributed by atoms with van der Waals surface area (Å²) >= 11 is 12.1. The standard InChI is InChI=1S/C24H29Cl2N3O3S/c25-20-7-6-19(23(26)15-20)17-33(31,32)29-14-4-5-18(16-29)24(30)27-21-8-10-22(11-9-21)28-12-2-1-3-13-28/h6-11,15,18H,1-5,12-14,16-17H2,(H,27,30)/t18-/m0/s1. The smallest absolute Gasteiger partial charge is 0.228 e. The number of rotatable bonds is 6. The van der Waals surface area contributed by atoms with E-state index in [0.29, 0.717) is 35.0 Å². The molecule has 2 aliphatic rings. The Morgan fingerprint density at radius 3 is 2.39 bits per heavy atom. The van der Waals surface area contributed by atoms with E-state index in [0.717, 1.165) is 18.8 Å². The van der Waals surface area contributed by atoms with E-state index in [1.165, 1.54) is 35.3 Å². The Morgan fingerprint density at radius 2 is 1.70 bits per heavy atom. The molecule has 2 aromatic carbocycles. The van der Waals surface area contributed by atoms with Crippen LogP contribution in [0.3, 0.4) is 0 Å². The summed E-state index contributed by atoms with van der Waals surface area (Å²) in [5.74, 6) is -0.754. The highest BCUT2D eigenvalue weighted by atomic mass is 35.5. The lowest BCUT2D eigenvalue weighted by molar-refractivity contribution is -0.120. The van der Waals surface area contributed by atoms with Gasteiger partial charge >= 0.3 is 0 Å². The summed E-state index contributed by atoms with van der Waals surface area (Å²) in [5.41, 5.74) is 2.40. The van der Waals surface area contributed by atoms with E-state index in [2.05, 4.69) is 10.2 Å². The number of carbonyl (C=O) groups is 1. The minimum Gasteiger partial charge on any atom is -0.372 e. The summed E-state index contributed by atoms with van der Waals surface area (Å²) in [6.07, 6.45) is 5.00. The first-order valence-electron chi connectivity index (χ1n) is 11.4. The van der Waals surface area contributed by atoms with Crippen LogP contribution in [-0.4, -0.2) is 44.8 Å². The third-order valence-electron chi connectivity index (χ3n) is 6.36. The van der Waals surface area contributed by atoms with Gasteiger partial charge in [0.2, 0.25) is 15.9 Å². The minimum atomic E-state index is -3.61. The molecule has 4 rings (SSSR count). The van der Waals surface area contributed by atoms with Crippen molar-refractivity contribution in [2.24, 2.45) is 5.92 Å². The Bertz CT molecular complexity index is 1090. The first-order valence-corrected chi connectivity index (χ1v) is 13.8. The normalized spacial score (nSPS) is 19.9. The Balaban J connectivity index is 1.36. The second-order valence-corrected chi connectivity index (χ2v) is 11.6. The summed E-state index contributed by atoms with van der Waals surface area (Å²) < 4.78 is 27.4. The van der Waals surface area contributed by atoms with Crippen LogP contribution in [0.15, 0.2) is 42.5 Å². The lowest BCUT2D eigenvalue weighted by Crippen LogP contribution is -2.44. The molecule has 2 aromatic rings. The van der Waals surface area contributed by atoms with Gasteiger partial charge in [-0.15, -0.1) is 0 Å². The molecule has 0 unspecified atom stereocenters. The van der Waals surface area contributed by atoms with E-state index in [1.54, 1.807) is 12.1 Å². The van der Waals surface area contributed by atoms with Gasteiger partial charge in [0.05, 0.1) is 11.7 Å². The molecule has 0 saturated carbocycles. The number of hydrogen-bond acceptors (Lipinski definition) is 4. The SMILES string of the molecule is O=C(Nc1ccc(N2CCCCC2)cc1)[C@H]1CCCN(S(=O)(=O)Cc2ccc(Cl)cc2Cl)C1. The van der Waals surface area contributed by atoms with Crippen molar-refractivity contribution in [3.8, 4) is 0 Å². The van der Waals surface area contributed by atoms with Gasteiger partial charge in [0.15, 0.2) is 0 Å². The van der Waals surface area contributed by atoms with Crippen LogP contribution < -0.4 is 10.2 Å². The maximum absolute atomic E-state index is 13.0. The summed E-state index contributed by atoms with van der Waals surface area (Å²) in [5, 5.41) is 3.75. The zero-order valence-corrected chi connectivity index (χ0v) is 20.8. The van der Waals surface area contributed by atoms with Crippen LogP contribution in [0, 0.1) is 5.92 Å². The van der Waals surface area contributed by atoms with Gasteiger partial charge in [0.25, 0.3) is 0 Å². The van der Waals surface area contributed by atoms with Crippen LogP contribution in [0.1, 0.15) is 37.7 Å². The number of piperidine rings is 2. The van der Waals surface area contributed by atoms with Crippen LogP contribution >= 0.6 is 23.2 Å². The van der Waals surface area contributed by atoms with E-state index in [1.807, 2.05) is 24.3 Å². The van der Waals surface area contributed by atoms with E-state index in [-0.39, 0.29) is 18.2 Å². The summed E-state index contributed by atoms with van der Waals surface area (Å²) in [6.45, 7) is 2.71. The Hall–Kier alpha value is -1.80. The Morgan fingerprint density at radius 1 is 0.970 bits per heavy atom. The van der Waals surface area contributed by atoms with Crippen molar-refractivity contribution in [2.45, 2.75) is 37.9 Å². The molecule has 2 fully saturated rings. The van der Waals surface area contributed by atoms with E-state index in [4.69, 9.17) is 23.2 Å². The molecular formula is C24H29Cl2N3O3S. The summed E-state index contributed by atoms with van der Waals surface area (Å²) in [6, 6.07) is 12.7. The van der Waals surface area contributed by atoms with Gasteiger partial charge in [-0.05, 0) is 74.1 Å². The molecule has 1 amide bonds. The molecule has 0 aliphatic carbocycles. The first kappa shape index (κ1) is 24.3. The molecule has 0 radical (unpaired) electrons. The molecular weight excluding hydrogens is 481 g/mol. The van der Waals surface area contributed by atoms with Crippen LogP contribution in [0.25, 0.3) is 0 Å². The molecule has 0 aromatic heterocycles. The highest BCUT2D eigenvalue weighted by Gasteiger charge is 2.32. The van der Waals surface area contributed by atoms with Gasteiger partial charge in [-0.1, -0.05) is 29.3 Å². The van der Waals surface area contributed by atoms with E-state index < -0.39 is 15.9 Å². The highest BCUT2D eigenvalue weighted by Crippen LogP contribution is 2.27. The first-order chi connectivity index (χ1) is 15.8. The fourth-order valence-corrected chi connectivity index (χ4v) is 6.68. The third kappa shape index (κ3) is 6.21. The largest absolute Gasteiger partial charge is 0.372 e. The summed E-state index contributed by atoms with van der Waals surface area (Å²) in [7, 11) is -3.61. The molecule has 2 saturated heterocycles. The van der Waals surface area contributed by atoms with E-state index in [9.17, 15) is 13.2 Å². The van der Waals surface area contributed by atoms with Gasteiger partial charge in [-0.25, -0.2) is 12.7 Å². The predicted molar refractivity (Wildman–Crippen MR) is 135 cm³/mol. The maximum Gasteiger partial charge on any atom is 0.228 e. The number of sulfonamides is 1. The molecule has 178 valence electrons. The number of anilines is 2. The quantitative estimate of drug-likeness (QED) is 0.583. The average Bonchev–Trinajstić information content (AvgIpc) is 2.82. The minimum absolute atomic E-state index is 0.148.